The summed E-state index contributed by atoms with van der Waals surface area (Å²) in [6, 6.07) is 14.3. The molecule has 1 aromatic carbocycles. The maximum absolute atomic E-state index is 9.15. The predicted molar refractivity (Wildman–Crippen MR) is 93.7 cm³/mol. The van der Waals surface area contributed by atoms with Gasteiger partial charge in [-0.25, -0.2) is 9.97 Å². The van der Waals surface area contributed by atoms with Crippen LogP contribution in [-0.2, 0) is 6.54 Å². The first-order valence-corrected chi connectivity index (χ1v) is 8.39. The van der Waals surface area contributed by atoms with Crippen LogP contribution in [0.5, 0.6) is 0 Å². The smallest absolute Gasteiger partial charge is 0.132 e. The van der Waals surface area contributed by atoms with Crippen molar-refractivity contribution in [2.45, 2.75) is 32.4 Å². The van der Waals surface area contributed by atoms with E-state index in [0.29, 0.717) is 5.56 Å². The molecule has 5 nitrogen and oxygen atoms in total. The number of hydrogen-bond donors (Lipinski definition) is 0. The lowest BCUT2D eigenvalue weighted by Gasteiger charge is -2.26. The summed E-state index contributed by atoms with van der Waals surface area (Å²) in [5, 5.41) is 9.15. The van der Waals surface area contributed by atoms with E-state index < -0.39 is 0 Å². The number of fused-ring (bicyclic) bond motifs is 1. The summed E-state index contributed by atoms with van der Waals surface area (Å²) < 4.78 is 2.30. The Morgan fingerprint density at radius 2 is 2.17 bits per heavy atom. The van der Waals surface area contributed by atoms with Crippen molar-refractivity contribution in [3.05, 3.63) is 54.0 Å². The number of hydrogen-bond acceptors (Lipinski definition) is 4. The van der Waals surface area contributed by atoms with Crippen LogP contribution in [-0.4, -0.2) is 21.1 Å². The molecule has 3 aromatic rings. The second-order valence-electron chi connectivity index (χ2n) is 6.07. The van der Waals surface area contributed by atoms with Crippen LogP contribution in [0.25, 0.3) is 11.0 Å². The van der Waals surface area contributed by atoms with E-state index in [1.807, 2.05) is 12.1 Å². The first-order chi connectivity index (χ1) is 11.8. The molecular formula is C19H19N5. The molecule has 1 atom stereocenters. The van der Waals surface area contributed by atoms with Gasteiger partial charge in [0.05, 0.1) is 28.7 Å². The number of pyridine rings is 1. The number of para-hydroxylation sites is 2. The fourth-order valence-electron chi connectivity index (χ4n) is 3.64. The molecule has 5 heteroatoms. The van der Waals surface area contributed by atoms with Gasteiger partial charge in [-0.3, -0.25) is 0 Å². The van der Waals surface area contributed by atoms with Crippen LogP contribution in [0.1, 0.15) is 37.2 Å². The molecule has 2 aromatic heterocycles. The molecule has 1 aliphatic heterocycles. The Balaban J connectivity index is 1.79. The number of nitrogens with zero attached hydrogens (tertiary/aromatic N) is 5. The highest BCUT2D eigenvalue weighted by molar-refractivity contribution is 5.76. The van der Waals surface area contributed by atoms with Gasteiger partial charge < -0.3 is 9.47 Å². The molecule has 0 amide bonds. The Hall–Kier alpha value is -2.87. The van der Waals surface area contributed by atoms with Crippen LogP contribution in [0, 0.1) is 11.3 Å². The number of rotatable bonds is 3. The van der Waals surface area contributed by atoms with Crippen molar-refractivity contribution in [3.8, 4) is 6.07 Å². The van der Waals surface area contributed by atoms with E-state index in [2.05, 4.69) is 45.6 Å². The van der Waals surface area contributed by atoms with Crippen LogP contribution in [0.15, 0.2) is 42.6 Å². The van der Waals surface area contributed by atoms with Crippen molar-refractivity contribution in [2.75, 3.05) is 11.4 Å². The van der Waals surface area contributed by atoms with Gasteiger partial charge in [-0.15, -0.1) is 0 Å². The SMILES string of the molecule is CCn1c([C@H]2CCCN2c2cc(C#N)ccn2)nc2ccccc21. The number of imidazole rings is 1. The highest BCUT2D eigenvalue weighted by atomic mass is 15.3. The number of anilines is 1. The van der Waals surface area contributed by atoms with E-state index in [1.165, 1.54) is 5.52 Å². The van der Waals surface area contributed by atoms with Crippen molar-refractivity contribution in [2.24, 2.45) is 0 Å². The van der Waals surface area contributed by atoms with Crippen molar-refractivity contribution in [1.29, 1.82) is 5.26 Å². The normalized spacial score (nSPS) is 17.3. The van der Waals surface area contributed by atoms with Gasteiger partial charge in [0, 0.05) is 19.3 Å². The highest BCUT2D eigenvalue weighted by Crippen LogP contribution is 2.36. The topological polar surface area (TPSA) is 57.7 Å². The summed E-state index contributed by atoms with van der Waals surface area (Å²) in [6.07, 6.45) is 3.88. The van der Waals surface area contributed by atoms with E-state index in [9.17, 15) is 0 Å². The van der Waals surface area contributed by atoms with Crippen LogP contribution >= 0.6 is 0 Å². The van der Waals surface area contributed by atoms with E-state index in [4.69, 9.17) is 10.2 Å². The third kappa shape index (κ3) is 2.31. The van der Waals surface area contributed by atoms with Gasteiger partial charge in [0.25, 0.3) is 0 Å². The summed E-state index contributed by atoms with van der Waals surface area (Å²) in [4.78, 5) is 11.7. The Morgan fingerprint density at radius 3 is 3.00 bits per heavy atom. The molecule has 120 valence electrons. The van der Waals surface area contributed by atoms with E-state index in [0.717, 1.165) is 43.1 Å². The summed E-state index contributed by atoms with van der Waals surface area (Å²) >= 11 is 0. The van der Waals surface area contributed by atoms with Gasteiger partial charge in [-0.05, 0) is 44.0 Å². The van der Waals surface area contributed by atoms with Crippen molar-refractivity contribution in [1.82, 2.24) is 14.5 Å². The number of nitriles is 1. The monoisotopic (exact) mass is 317 g/mol. The van der Waals surface area contributed by atoms with Crippen LogP contribution < -0.4 is 4.90 Å². The Morgan fingerprint density at radius 1 is 1.29 bits per heavy atom. The Bertz CT molecular complexity index is 921. The van der Waals surface area contributed by atoms with Gasteiger partial charge in [0.1, 0.15) is 11.6 Å². The zero-order valence-corrected chi connectivity index (χ0v) is 13.7. The number of aromatic nitrogens is 3. The van der Waals surface area contributed by atoms with Crippen molar-refractivity contribution < 1.29 is 0 Å². The van der Waals surface area contributed by atoms with Crippen LogP contribution in [0.3, 0.4) is 0 Å². The Kier molecular flexibility index (Phi) is 3.66. The minimum absolute atomic E-state index is 0.207. The average molecular weight is 317 g/mol. The molecule has 3 heterocycles. The minimum atomic E-state index is 0.207. The van der Waals surface area contributed by atoms with E-state index in [1.54, 1.807) is 12.3 Å². The lowest BCUT2D eigenvalue weighted by Crippen LogP contribution is -2.26. The number of benzene rings is 1. The standard InChI is InChI=1S/C19H19N5/c1-2-23-16-7-4-3-6-15(16)22-19(23)17-8-5-11-24(17)18-12-14(13-20)9-10-21-18/h3-4,6-7,9-10,12,17H,2,5,8,11H2,1H3/t17-/m1/s1. The van der Waals surface area contributed by atoms with Gasteiger partial charge in [0.2, 0.25) is 0 Å². The van der Waals surface area contributed by atoms with Crippen molar-refractivity contribution in [3.63, 3.8) is 0 Å². The molecule has 0 saturated carbocycles. The lowest BCUT2D eigenvalue weighted by atomic mass is 10.2. The molecule has 1 aliphatic rings. The lowest BCUT2D eigenvalue weighted by molar-refractivity contribution is 0.606. The highest BCUT2D eigenvalue weighted by Gasteiger charge is 2.31. The first kappa shape index (κ1) is 14.7. The molecule has 0 N–H and O–H groups in total. The molecule has 0 radical (unpaired) electrons. The van der Waals surface area contributed by atoms with Gasteiger partial charge in [-0.1, -0.05) is 12.1 Å². The summed E-state index contributed by atoms with van der Waals surface area (Å²) in [7, 11) is 0. The van der Waals surface area contributed by atoms with Crippen LogP contribution in [0.2, 0.25) is 0 Å². The van der Waals surface area contributed by atoms with Gasteiger partial charge in [0.15, 0.2) is 0 Å². The summed E-state index contributed by atoms with van der Waals surface area (Å²) in [5.74, 6) is 1.96. The average Bonchev–Trinajstić information content (AvgIpc) is 3.25. The van der Waals surface area contributed by atoms with Crippen LogP contribution in [0.4, 0.5) is 5.82 Å². The van der Waals surface area contributed by atoms with Crippen molar-refractivity contribution >= 4 is 16.9 Å². The summed E-state index contributed by atoms with van der Waals surface area (Å²) in [6.45, 7) is 4.00. The predicted octanol–water partition coefficient (Wildman–Crippen LogP) is 3.66. The zero-order valence-electron chi connectivity index (χ0n) is 13.7. The molecule has 0 aliphatic carbocycles. The maximum Gasteiger partial charge on any atom is 0.132 e. The quantitative estimate of drug-likeness (QED) is 0.739. The first-order valence-electron chi connectivity index (χ1n) is 8.39. The molecule has 1 saturated heterocycles. The molecule has 1 fully saturated rings. The molecule has 0 unspecified atom stereocenters. The molecular weight excluding hydrogens is 298 g/mol. The fraction of sp³-hybridized carbons (Fsp3) is 0.316. The molecule has 0 spiro atoms. The molecule has 4 rings (SSSR count). The third-order valence-corrected chi connectivity index (χ3v) is 4.72. The van der Waals surface area contributed by atoms with E-state index in [-0.39, 0.29) is 6.04 Å². The summed E-state index contributed by atoms with van der Waals surface area (Å²) in [5.41, 5.74) is 2.87. The van der Waals surface area contributed by atoms with Gasteiger partial charge >= 0.3 is 0 Å². The third-order valence-electron chi connectivity index (χ3n) is 4.72. The molecule has 0 bridgehead atoms. The number of aryl methyl sites for hydroxylation is 1. The fourth-order valence-corrected chi connectivity index (χ4v) is 3.64. The maximum atomic E-state index is 9.15. The molecule has 24 heavy (non-hydrogen) atoms. The van der Waals surface area contributed by atoms with E-state index >= 15 is 0 Å². The second kappa shape index (κ2) is 5.97. The van der Waals surface area contributed by atoms with Gasteiger partial charge in [-0.2, -0.15) is 5.26 Å². The second-order valence-corrected chi connectivity index (χ2v) is 6.07. The minimum Gasteiger partial charge on any atom is -0.346 e. The largest absolute Gasteiger partial charge is 0.346 e. The Labute approximate surface area is 141 Å². The zero-order chi connectivity index (χ0) is 16.5.